The van der Waals surface area contributed by atoms with Crippen LogP contribution in [0.5, 0.6) is 0 Å². The van der Waals surface area contributed by atoms with Crippen molar-refractivity contribution < 1.29 is 9.90 Å². The van der Waals surface area contributed by atoms with Gasteiger partial charge in [0.25, 0.3) is 0 Å². The first-order valence-electron chi connectivity index (χ1n) is 4.99. The first-order chi connectivity index (χ1) is 7.28. The number of nitrogens with one attached hydrogen (secondary N) is 1. The number of imidazole rings is 1. The fraction of sp³-hybridized carbons (Fsp3) is 0.600. The largest absolute Gasteiger partial charge is 0.480 e. The van der Waals surface area contributed by atoms with Gasteiger partial charge in [-0.05, 0) is 0 Å². The average molecular weight is 243 g/mol. The van der Waals surface area contributed by atoms with Crippen LogP contribution in [-0.2, 0) is 11.2 Å². The lowest BCUT2D eigenvalue weighted by Crippen LogP contribution is -2.32. The number of H-pyrrole nitrogens is 1. The van der Waals surface area contributed by atoms with Gasteiger partial charge in [-0.25, -0.2) is 4.98 Å². The van der Waals surface area contributed by atoms with Crippen LogP contribution in [0.3, 0.4) is 0 Å². The summed E-state index contributed by atoms with van der Waals surface area (Å²) in [7, 11) is 0. The van der Waals surface area contributed by atoms with Crippen molar-refractivity contribution in [2.75, 3.05) is 0 Å². The lowest BCUT2D eigenvalue weighted by Gasteiger charge is -2.14. The molecule has 5 nitrogen and oxygen atoms in total. The van der Waals surface area contributed by atoms with Gasteiger partial charge in [0.2, 0.25) is 0 Å². The van der Waals surface area contributed by atoms with E-state index in [1.807, 2.05) is 0 Å². The number of aromatic nitrogens is 2. The third-order valence-electron chi connectivity index (χ3n) is 1.77. The van der Waals surface area contributed by atoms with Crippen molar-refractivity contribution in [3.63, 3.8) is 0 Å². The highest BCUT2D eigenvalue weighted by atomic mass is 32.2. The van der Waals surface area contributed by atoms with Crippen molar-refractivity contribution >= 4 is 17.7 Å². The topological polar surface area (TPSA) is 92.0 Å². The number of carboxylic acids is 1. The van der Waals surface area contributed by atoms with Crippen LogP contribution in [0.15, 0.2) is 11.4 Å². The fourth-order valence-corrected chi connectivity index (χ4v) is 1.98. The lowest BCUT2D eigenvalue weighted by atomic mass is 10.2. The molecule has 0 fully saturated rings. The predicted molar refractivity (Wildman–Crippen MR) is 63.5 cm³/mol. The number of aromatic amines is 1. The summed E-state index contributed by atoms with van der Waals surface area (Å²) < 4.78 is 0.0734. The van der Waals surface area contributed by atoms with Crippen molar-refractivity contribution in [3.05, 3.63) is 11.9 Å². The zero-order chi connectivity index (χ0) is 12.3. The van der Waals surface area contributed by atoms with Gasteiger partial charge < -0.3 is 15.8 Å². The van der Waals surface area contributed by atoms with Crippen LogP contribution in [0, 0.1) is 0 Å². The van der Waals surface area contributed by atoms with Gasteiger partial charge >= 0.3 is 5.97 Å². The summed E-state index contributed by atoms with van der Waals surface area (Å²) in [5, 5.41) is 9.46. The molecule has 90 valence electrons. The highest BCUT2D eigenvalue weighted by Crippen LogP contribution is 2.29. The summed E-state index contributed by atoms with van der Waals surface area (Å²) in [5.41, 5.74) is 6.18. The minimum atomic E-state index is -1.00. The van der Waals surface area contributed by atoms with Gasteiger partial charge in [-0.3, -0.25) is 4.79 Å². The molecule has 1 heterocycles. The number of aliphatic carboxylic acids is 1. The smallest absolute Gasteiger partial charge is 0.320 e. The minimum absolute atomic E-state index is 0.0734. The molecule has 0 spiro atoms. The Morgan fingerprint density at radius 2 is 2.31 bits per heavy atom. The highest BCUT2D eigenvalue weighted by molar-refractivity contribution is 8.00. The zero-order valence-electron chi connectivity index (χ0n) is 9.65. The monoisotopic (exact) mass is 243 g/mol. The van der Waals surface area contributed by atoms with E-state index in [9.17, 15) is 4.79 Å². The van der Waals surface area contributed by atoms with E-state index in [0.29, 0.717) is 0 Å². The number of rotatable bonds is 4. The van der Waals surface area contributed by atoms with Gasteiger partial charge in [-0.2, -0.15) is 0 Å². The molecule has 0 saturated heterocycles. The Kier molecular flexibility index (Phi) is 3.98. The molecule has 0 saturated carbocycles. The molecule has 0 bridgehead atoms. The Bertz CT molecular complexity index is 370. The number of carboxylic acid groups (broad SMARTS) is 1. The van der Waals surface area contributed by atoms with Crippen LogP contribution in [0.2, 0.25) is 0 Å². The van der Waals surface area contributed by atoms with Gasteiger partial charge in [0.15, 0.2) is 5.16 Å². The van der Waals surface area contributed by atoms with Crippen LogP contribution < -0.4 is 5.73 Å². The third-order valence-corrected chi connectivity index (χ3v) is 2.78. The minimum Gasteiger partial charge on any atom is -0.480 e. The van der Waals surface area contributed by atoms with Crippen molar-refractivity contribution in [1.29, 1.82) is 0 Å². The van der Waals surface area contributed by atoms with E-state index in [-0.39, 0.29) is 11.2 Å². The van der Waals surface area contributed by atoms with Crippen molar-refractivity contribution in [2.24, 2.45) is 5.73 Å². The molecule has 0 aliphatic rings. The second-order valence-electron chi connectivity index (χ2n) is 4.58. The summed E-state index contributed by atoms with van der Waals surface area (Å²) in [6, 6.07) is -0.882. The van der Waals surface area contributed by atoms with Crippen molar-refractivity contribution in [1.82, 2.24) is 9.97 Å². The molecule has 16 heavy (non-hydrogen) atoms. The van der Waals surface area contributed by atoms with E-state index in [1.165, 1.54) is 0 Å². The molecule has 4 N–H and O–H groups in total. The molecule has 0 aliphatic heterocycles. The molecule has 1 aromatic rings. The highest BCUT2D eigenvalue weighted by Gasteiger charge is 2.17. The van der Waals surface area contributed by atoms with Gasteiger partial charge in [0, 0.05) is 23.1 Å². The zero-order valence-corrected chi connectivity index (χ0v) is 10.5. The molecule has 6 heteroatoms. The van der Waals surface area contributed by atoms with Crippen LogP contribution in [0.4, 0.5) is 0 Å². The van der Waals surface area contributed by atoms with Gasteiger partial charge in [-0.15, -0.1) is 0 Å². The Morgan fingerprint density at radius 1 is 1.69 bits per heavy atom. The van der Waals surface area contributed by atoms with E-state index < -0.39 is 12.0 Å². The Morgan fingerprint density at radius 3 is 2.81 bits per heavy atom. The van der Waals surface area contributed by atoms with E-state index >= 15 is 0 Å². The Hall–Kier alpha value is -1.01. The molecule has 0 aliphatic carbocycles. The summed E-state index contributed by atoms with van der Waals surface area (Å²) in [4.78, 5) is 17.8. The van der Waals surface area contributed by atoms with Gasteiger partial charge in [-0.1, -0.05) is 32.5 Å². The second-order valence-corrected chi connectivity index (χ2v) is 6.39. The molecule has 1 unspecified atom stereocenters. The maximum Gasteiger partial charge on any atom is 0.320 e. The molecule has 0 amide bonds. The average Bonchev–Trinajstić information content (AvgIpc) is 2.49. The molecule has 0 radical (unpaired) electrons. The van der Waals surface area contributed by atoms with Crippen LogP contribution in [0.25, 0.3) is 0 Å². The number of carbonyl (C=O) groups is 1. The second kappa shape index (κ2) is 4.88. The summed E-state index contributed by atoms with van der Waals surface area (Å²) in [6.07, 6.45) is 1.91. The van der Waals surface area contributed by atoms with E-state index in [0.717, 1.165) is 10.9 Å². The Labute approximate surface area is 98.8 Å². The maximum absolute atomic E-state index is 10.6. The first kappa shape index (κ1) is 13.1. The summed E-state index contributed by atoms with van der Waals surface area (Å²) in [5.74, 6) is -1.00. The standard InChI is InChI=1S/C10H17N3O2S/c1-10(2,3)16-9-12-5-6(13-9)4-7(11)8(14)15/h5,7H,4,11H2,1-3H3,(H,12,13)(H,14,15). The first-order valence-corrected chi connectivity index (χ1v) is 5.81. The number of nitrogens with two attached hydrogens (primary N) is 1. The third kappa shape index (κ3) is 4.24. The summed E-state index contributed by atoms with van der Waals surface area (Å²) >= 11 is 1.60. The molecular weight excluding hydrogens is 226 g/mol. The van der Waals surface area contributed by atoms with Gasteiger partial charge in [0.05, 0.1) is 0 Å². The number of nitrogens with zero attached hydrogens (tertiary/aromatic N) is 1. The maximum atomic E-state index is 10.6. The van der Waals surface area contributed by atoms with E-state index in [1.54, 1.807) is 18.0 Å². The lowest BCUT2D eigenvalue weighted by molar-refractivity contribution is -0.138. The van der Waals surface area contributed by atoms with Crippen molar-refractivity contribution in [3.8, 4) is 0 Å². The molecule has 1 rings (SSSR count). The van der Waals surface area contributed by atoms with Gasteiger partial charge in [0.1, 0.15) is 6.04 Å². The van der Waals surface area contributed by atoms with E-state index in [2.05, 4.69) is 30.7 Å². The molecule has 1 aromatic heterocycles. The molecule has 1 atom stereocenters. The number of hydrogen-bond acceptors (Lipinski definition) is 4. The fourth-order valence-electron chi connectivity index (χ4n) is 1.11. The van der Waals surface area contributed by atoms with Crippen LogP contribution in [0.1, 0.15) is 26.5 Å². The molecule has 0 aromatic carbocycles. The number of thioether (sulfide) groups is 1. The SMILES string of the molecule is CC(C)(C)Sc1ncc(CC(N)C(=O)O)[nH]1. The number of hydrogen-bond donors (Lipinski definition) is 3. The molecular formula is C10H17N3O2S. The predicted octanol–water partition coefficient (Wildman–Crippen LogP) is 1.25. The summed E-state index contributed by atoms with van der Waals surface area (Å²) in [6.45, 7) is 6.26. The van der Waals surface area contributed by atoms with Crippen LogP contribution >= 0.6 is 11.8 Å². The van der Waals surface area contributed by atoms with E-state index in [4.69, 9.17) is 10.8 Å². The normalized spacial score (nSPS) is 13.8. The van der Waals surface area contributed by atoms with Crippen LogP contribution in [-0.4, -0.2) is 31.8 Å². The quantitative estimate of drug-likeness (QED) is 0.692. The Balaban J connectivity index is 2.62. The van der Waals surface area contributed by atoms with Crippen molar-refractivity contribution in [2.45, 2.75) is 43.1 Å².